The first kappa shape index (κ1) is 23.8. The van der Waals surface area contributed by atoms with Crippen molar-refractivity contribution < 1.29 is 4.79 Å². The van der Waals surface area contributed by atoms with Crippen molar-refractivity contribution in [2.75, 3.05) is 49.8 Å². The number of nitrogens with one attached hydrogen (secondary N) is 2. The smallest absolute Gasteiger partial charge is 0.247 e. The molecule has 0 unspecified atom stereocenters. The lowest BCUT2D eigenvalue weighted by molar-refractivity contribution is -0.111. The molecule has 2 aromatic heterocycles. The maximum absolute atomic E-state index is 12.1. The van der Waals surface area contributed by atoms with Crippen LogP contribution in [0.4, 0.5) is 23.0 Å². The molecule has 4 rings (SSSR count). The molecule has 0 saturated heterocycles. The Morgan fingerprint density at radius 2 is 1.86 bits per heavy atom. The summed E-state index contributed by atoms with van der Waals surface area (Å²) >= 11 is 0. The number of pyridine rings is 1. The molecule has 2 aromatic carbocycles. The van der Waals surface area contributed by atoms with Gasteiger partial charge in [0, 0.05) is 55.4 Å². The SMILES string of the molecule is C=CC(=O)Nc1cc(Nc2ncc3cccc(-c4ccncc4)c3n2)ccc1N(C)CCN(C)C. The fourth-order valence-corrected chi connectivity index (χ4v) is 3.71. The highest BCUT2D eigenvalue weighted by Crippen LogP contribution is 2.31. The summed E-state index contributed by atoms with van der Waals surface area (Å²) in [5.41, 5.74) is 5.24. The van der Waals surface area contributed by atoms with E-state index in [-0.39, 0.29) is 5.91 Å². The Morgan fingerprint density at radius 1 is 1.06 bits per heavy atom. The number of fused-ring (bicyclic) bond motifs is 1. The quantitative estimate of drug-likeness (QED) is 0.349. The summed E-state index contributed by atoms with van der Waals surface area (Å²) in [4.78, 5) is 29.7. The Labute approximate surface area is 205 Å². The molecule has 0 radical (unpaired) electrons. The Balaban J connectivity index is 1.66. The van der Waals surface area contributed by atoms with Crippen molar-refractivity contribution in [2.45, 2.75) is 0 Å². The van der Waals surface area contributed by atoms with Gasteiger partial charge in [-0.3, -0.25) is 9.78 Å². The van der Waals surface area contributed by atoms with E-state index in [1.165, 1.54) is 6.08 Å². The number of hydrogen-bond donors (Lipinski definition) is 2. The third-order valence-electron chi connectivity index (χ3n) is 5.59. The van der Waals surface area contributed by atoms with Crippen molar-refractivity contribution in [3.63, 3.8) is 0 Å². The molecule has 0 fully saturated rings. The summed E-state index contributed by atoms with van der Waals surface area (Å²) in [7, 11) is 6.07. The number of hydrogen-bond acceptors (Lipinski definition) is 7. The first-order chi connectivity index (χ1) is 16.9. The van der Waals surface area contributed by atoms with Crippen LogP contribution in [0, 0.1) is 0 Å². The normalized spacial score (nSPS) is 10.9. The summed E-state index contributed by atoms with van der Waals surface area (Å²) in [5.74, 6) is 0.196. The molecule has 0 saturated carbocycles. The number of nitrogens with zero attached hydrogens (tertiary/aromatic N) is 5. The van der Waals surface area contributed by atoms with E-state index in [0.29, 0.717) is 11.6 Å². The van der Waals surface area contributed by atoms with Crippen LogP contribution in [0.2, 0.25) is 0 Å². The second kappa shape index (κ2) is 10.8. The molecule has 8 heteroatoms. The van der Waals surface area contributed by atoms with Crippen LogP contribution >= 0.6 is 0 Å². The molecule has 0 aliphatic carbocycles. The molecule has 2 N–H and O–H groups in total. The number of carbonyl (C=O) groups is 1. The van der Waals surface area contributed by atoms with Gasteiger partial charge < -0.3 is 20.4 Å². The average Bonchev–Trinajstić information content (AvgIpc) is 2.87. The van der Waals surface area contributed by atoms with Crippen molar-refractivity contribution in [1.29, 1.82) is 0 Å². The number of rotatable bonds is 9. The van der Waals surface area contributed by atoms with Gasteiger partial charge in [0.05, 0.1) is 16.9 Å². The number of carbonyl (C=O) groups excluding carboxylic acids is 1. The minimum Gasteiger partial charge on any atom is -0.372 e. The van der Waals surface area contributed by atoms with Gasteiger partial charge in [-0.25, -0.2) is 9.97 Å². The monoisotopic (exact) mass is 467 g/mol. The molecule has 0 bridgehead atoms. The second-order valence-electron chi connectivity index (χ2n) is 8.45. The van der Waals surface area contributed by atoms with Gasteiger partial charge in [-0.15, -0.1) is 0 Å². The topological polar surface area (TPSA) is 86.3 Å². The van der Waals surface area contributed by atoms with Gasteiger partial charge in [0.1, 0.15) is 0 Å². The van der Waals surface area contributed by atoms with Crippen molar-refractivity contribution in [1.82, 2.24) is 19.9 Å². The lowest BCUT2D eigenvalue weighted by atomic mass is 10.0. The molecule has 35 heavy (non-hydrogen) atoms. The Bertz CT molecular complexity index is 1340. The predicted molar refractivity (Wildman–Crippen MR) is 143 cm³/mol. The van der Waals surface area contributed by atoms with E-state index in [1.54, 1.807) is 18.6 Å². The molecule has 0 aliphatic rings. The third kappa shape index (κ3) is 5.80. The van der Waals surface area contributed by atoms with Crippen LogP contribution in [0.5, 0.6) is 0 Å². The lowest BCUT2D eigenvalue weighted by Gasteiger charge is -2.24. The van der Waals surface area contributed by atoms with E-state index in [9.17, 15) is 4.79 Å². The standard InChI is InChI=1S/C27H29N7O/c1-5-25(35)31-23-17-21(9-10-24(23)34(4)16-15-33(2)3)30-27-29-18-20-7-6-8-22(26(20)32-27)19-11-13-28-14-12-19/h5-14,17-18H,1,15-16H2,2-4H3,(H,31,35)(H,29,30,32). The Kier molecular flexibility index (Phi) is 7.32. The van der Waals surface area contributed by atoms with Crippen LogP contribution in [0.1, 0.15) is 0 Å². The van der Waals surface area contributed by atoms with E-state index in [0.717, 1.165) is 46.5 Å². The fraction of sp³-hybridized carbons (Fsp3) is 0.185. The minimum absolute atomic E-state index is 0.270. The van der Waals surface area contributed by atoms with E-state index >= 15 is 0 Å². The first-order valence-corrected chi connectivity index (χ1v) is 11.3. The summed E-state index contributed by atoms with van der Waals surface area (Å²) < 4.78 is 0. The molecule has 0 atom stereocenters. The molecule has 2 heterocycles. The van der Waals surface area contributed by atoms with Gasteiger partial charge in [-0.05, 0) is 56.1 Å². The van der Waals surface area contributed by atoms with Crippen molar-refractivity contribution in [3.8, 4) is 11.1 Å². The zero-order valence-electron chi connectivity index (χ0n) is 20.2. The highest BCUT2D eigenvalue weighted by atomic mass is 16.1. The van der Waals surface area contributed by atoms with E-state index in [4.69, 9.17) is 4.98 Å². The molecule has 0 spiro atoms. The number of anilines is 4. The maximum Gasteiger partial charge on any atom is 0.247 e. The number of benzene rings is 2. The second-order valence-corrected chi connectivity index (χ2v) is 8.45. The molecule has 178 valence electrons. The maximum atomic E-state index is 12.1. The van der Waals surface area contributed by atoms with Gasteiger partial charge in [-0.1, -0.05) is 24.8 Å². The molecule has 0 aliphatic heterocycles. The van der Waals surface area contributed by atoms with Gasteiger partial charge >= 0.3 is 0 Å². The number of aromatic nitrogens is 3. The lowest BCUT2D eigenvalue weighted by Crippen LogP contribution is -2.29. The predicted octanol–water partition coefficient (Wildman–Crippen LogP) is 4.56. The van der Waals surface area contributed by atoms with Crippen LogP contribution in [0.15, 0.2) is 79.8 Å². The van der Waals surface area contributed by atoms with Crippen LogP contribution in [0.25, 0.3) is 22.0 Å². The number of para-hydroxylation sites is 1. The van der Waals surface area contributed by atoms with Crippen LogP contribution in [-0.4, -0.2) is 60.0 Å². The van der Waals surface area contributed by atoms with Crippen molar-refractivity contribution in [2.24, 2.45) is 0 Å². The minimum atomic E-state index is -0.270. The largest absolute Gasteiger partial charge is 0.372 e. The van der Waals surface area contributed by atoms with Crippen molar-refractivity contribution >= 4 is 39.8 Å². The third-order valence-corrected chi connectivity index (χ3v) is 5.59. The molecular formula is C27H29N7O. The van der Waals surface area contributed by atoms with Gasteiger partial charge in [0.2, 0.25) is 11.9 Å². The highest BCUT2D eigenvalue weighted by Gasteiger charge is 2.12. The van der Waals surface area contributed by atoms with Crippen LogP contribution in [0.3, 0.4) is 0 Å². The summed E-state index contributed by atoms with van der Waals surface area (Å²) in [6.45, 7) is 5.26. The summed E-state index contributed by atoms with van der Waals surface area (Å²) in [5, 5.41) is 7.15. The van der Waals surface area contributed by atoms with Crippen molar-refractivity contribution in [3.05, 3.63) is 79.8 Å². The fourth-order valence-electron chi connectivity index (χ4n) is 3.71. The molecule has 1 amide bonds. The Morgan fingerprint density at radius 3 is 2.60 bits per heavy atom. The summed E-state index contributed by atoms with van der Waals surface area (Å²) in [6.07, 6.45) is 6.60. The molecule has 8 nitrogen and oxygen atoms in total. The van der Waals surface area contributed by atoms with Crippen LogP contribution < -0.4 is 15.5 Å². The van der Waals surface area contributed by atoms with Crippen LogP contribution in [-0.2, 0) is 4.79 Å². The summed E-state index contributed by atoms with van der Waals surface area (Å²) in [6, 6.07) is 15.8. The van der Waals surface area contributed by atoms with Gasteiger partial charge in [-0.2, -0.15) is 0 Å². The molecule has 4 aromatic rings. The van der Waals surface area contributed by atoms with Gasteiger partial charge in [0.15, 0.2) is 0 Å². The molecular weight excluding hydrogens is 438 g/mol. The van der Waals surface area contributed by atoms with E-state index in [1.807, 2.05) is 69.7 Å². The number of likely N-dealkylation sites (N-methyl/N-ethyl adjacent to an activating group) is 2. The highest BCUT2D eigenvalue weighted by molar-refractivity contribution is 6.01. The average molecular weight is 468 g/mol. The van der Waals surface area contributed by atoms with E-state index < -0.39 is 0 Å². The number of amides is 1. The zero-order valence-corrected chi connectivity index (χ0v) is 20.2. The van der Waals surface area contributed by atoms with Gasteiger partial charge in [0.25, 0.3) is 0 Å². The zero-order chi connectivity index (χ0) is 24.8. The first-order valence-electron chi connectivity index (χ1n) is 11.3. The van der Waals surface area contributed by atoms with E-state index in [2.05, 4.69) is 37.0 Å². The Hall–Kier alpha value is -4.30.